The molecule has 0 saturated heterocycles. The largest absolute Gasteiger partial charge is 0.444 e. The molecule has 0 radical (unpaired) electrons. The summed E-state index contributed by atoms with van der Waals surface area (Å²) in [6, 6.07) is 7.19. The number of benzene rings is 1. The highest BCUT2D eigenvalue weighted by Crippen LogP contribution is 2.11. The summed E-state index contributed by atoms with van der Waals surface area (Å²) >= 11 is 0. The maximum absolute atomic E-state index is 11.5. The van der Waals surface area contributed by atoms with Crippen LogP contribution in [-0.2, 0) is 16.1 Å². The second kappa shape index (κ2) is 6.92. The molecule has 0 aliphatic rings. The molecule has 0 atom stereocenters. The van der Waals surface area contributed by atoms with Crippen LogP contribution in [0.4, 0.5) is 10.5 Å². The van der Waals surface area contributed by atoms with E-state index in [1.165, 1.54) is 0 Å². The van der Waals surface area contributed by atoms with Gasteiger partial charge in [0.1, 0.15) is 5.60 Å². The molecule has 0 aliphatic carbocycles. The summed E-state index contributed by atoms with van der Waals surface area (Å²) in [6.07, 6.45) is -0.456. The highest BCUT2D eigenvalue weighted by atomic mass is 16.6. The number of anilines is 1. The van der Waals surface area contributed by atoms with Gasteiger partial charge in [0.15, 0.2) is 0 Å². The third-order valence-corrected chi connectivity index (χ3v) is 2.44. The molecule has 5 heteroatoms. The molecule has 114 valence electrons. The normalized spacial score (nSPS) is 10.7. The number of rotatable bonds is 4. The van der Waals surface area contributed by atoms with Crippen LogP contribution in [0.1, 0.15) is 33.3 Å². The molecule has 21 heavy (non-hydrogen) atoms. The second-order valence-corrected chi connectivity index (χ2v) is 5.79. The summed E-state index contributed by atoms with van der Waals surface area (Å²) in [5.41, 5.74) is 1.53. The van der Waals surface area contributed by atoms with Gasteiger partial charge in [0, 0.05) is 17.8 Å². The van der Waals surface area contributed by atoms with Gasteiger partial charge >= 0.3 is 6.09 Å². The lowest BCUT2D eigenvalue weighted by molar-refractivity contribution is -0.112. The highest BCUT2D eigenvalue weighted by molar-refractivity contribution is 6.02. The minimum Gasteiger partial charge on any atom is -0.444 e. The average molecular weight is 290 g/mol. The molecule has 0 bridgehead atoms. The van der Waals surface area contributed by atoms with Crippen LogP contribution in [0, 0.1) is 0 Å². The molecule has 1 aromatic carbocycles. The van der Waals surface area contributed by atoms with E-state index < -0.39 is 11.7 Å². The van der Waals surface area contributed by atoms with E-state index in [4.69, 9.17) is 4.74 Å². The minimum atomic E-state index is -0.513. The van der Waals surface area contributed by atoms with E-state index in [0.717, 1.165) is 5.56 Å². The van der Waals surface area contributed by atoms with E-state index in [9.17, 15) is 9.59 Å². The van der Waals surface area contributed by atoms with Crippen molar-refractivity contribution in [1.29, 1.82) is 0 Å². The Kier molecular flexibility index (Phi) is 5.52. The maximum Gasteiger partial charge on any atom is 0.407 e. The second-order valence-electron chi connectivity index (χ2n) is 5.79. The topological polar surface area (TPSA) is 67.4 Å². The molecule has 0 spiro atoms. The number of nitrogens with one attached hydrogen (secondary N) is 2. The Labute approximate surface area is 125 Å². The van der Waals surface area contributed by atoms with E-state index in [1.807, 2.05) is 32.9 Å². The van der Waals surface area contributed by atoms with E-state index in [-0.39, 0.29) is 5.91 Å². The molecule has 2 amide bonds. The number of alkyl carbamates (subject to hydrolysis) is 1. The minimum absolute atomic E-state index is 0.213. The predicted octanol–water partition coefficient (Wildman–Crippen LogP) is 3.23. The first-order chi connectivity index (χ1) is 9.67. The van der Waals surface area contributed by atoms with E-state index >= 15 is 0 Å². The fraction of sp³-hybridized carbons (Fsp3) is 0.375. The number of amides is 2. The highest BCUT2D eigenvalue weighted by Gasteiger charge is 2.15. The Morgan fingerprint density at radius 2 is 1.76 bits per heavy atom. The molecule has 0 unspecified atom stereocenters. The number of hydrogen-bond donors (Lipinski definition) is 2. The zero-order valence-electron chi connectivity index (χ0n) is 12.9. The van der Waals surface area contributed by atoms with Gasteiger partial charge in [-0.1, -0.05) is 18.7 Å². The van der Waals surface area contributed by atoms with E-state index in [0.29, 0.717) is 17.8 Å². The van der Waals surface area contributed by atoms with Crippen LogP contribution < -0.4 is 10.6 Å². The van der Waals surface area contributed by atoms with Crippen molar-refractivity contribution in [2.75, 3.05) is 5.32 Å². The predicted molar refractivity (Wildman–Crippen MR) is 83.0 cm³/mol. The molecule has 1 aromatic rings. The van der Waals surface area contributed by atoms with E-state index in [2.05, 4.69) is 17.2 Å². The van der Waals surface area contributed by atoms with Crippen molar-refractivity contribution < 1.29 is 14.3 Å². The molecule has 1 rings (SSSR count). The lowest BCUT2D eigenvalue weighted by Gasteiger charge is -2.19. The van der Waals surface area contributed by atoms with Crippen LogP contribution in [0.25, 0.3) is 0 Å². The zero-order valence-corrected chi connectivity index (χ0v) is 12.9. The molecule has 0 aromatic heterocycles. The smallest absolute Gasteiger partial charge is 0.407 e. The Morgan fingerprint density at radius 1 is 1.19 bits per heavy atom. The molecule has 0 saturated carbocycles. The molecular weight excluding hydrogens is 268 g/mol. The summed E-state index contributed by atoms with van der Waals surface area (Å²) in [5, 5.41) is 5.39. The number of ether oxygens (including phenoxy) is 1. The van der Waals surface area contributed by atoms with Crippen LogP contribution >= 0.6 is 0 Å². The van der Waals surface area contributed by atoms with Crippen LogP contribution in [0.5, 0.6) is 0 Å². The van der Waals surface area contributed by atoms with Crippen molar-refractivity contribution in [3.05, 3.63) is 42.0 Å². The molecule has 0 aliphatic heterocycles. The van der Waals surface area contributed by atoms with Crippen LogP contribution in [0.2, 0.25) is 0 Å². The fourth-order valence-corrected chi connectivity index (χ4v) is 1.43. The van der Waals surface area contributed by atoms with Gasteiger partial charge in [0.05, 0.1) is 0 Å². The third kappa shape index (κ3) is 6.61. The summed E-state index contributed by atoms with van der Waals surface area (Å²) in [6.45, 7) is 11.0. The number of carbonyl (C=O) groups excluding carboxylic acids is 2. The van der Waals surface area contributed by atoms with Crippen molar-refractivity contribution in [1.82, 2.24) is 5.32 Å². The van der Waals surface area contributed by atoms with Gasteiger partial charge in [-0.05, 0) is 45.4 Å². The van der Waals surface area contributed by atoms with Crippen molar-refractivity contribution >= 4 is 17.7 Å². The number of hydrogen-bond acceptors (Lipinski definition) is 3. The first-order valence-electron chi connectivity index (χ1n) is 6.70. The lowest BCUT2D eigenvalue weighted by atomic mass is 10.2. The van der Waals surface area contributed by atoms with Gasteiger partial charge in [0.25, 0.3) is 5.91 Å². The van der Waals surface area contributed by atoms with Gasteiger partial charge in [-0.25, -0.2) is 4.79 Å². The first-order valence-corrected chi connectivity index (χ1v) is 6.70. The molecule has 2 N–H and O–H groups in total. The van der Waals surface area contributed by atoms with Crippen LogP contribution in [0.3, 0.4) is 0 Å². The maximum atomic E-state index is 11.5. The van der Waals surface area contributed by atoms with Crippen LogP contribution in [-0.4, -0.2) is 17.6 Å². The van der Waals surface area contributed by atoms with Gasteiger partial charge in [-0.15, -0.1) is 0 Å². The van der Waals surface area contributed by atoms with Gasteiger partial charge in [-0.3, -0.25) is 4.79 Å². The van der Waals surface area contributed by atoms with Crippen molar-refractivity contribution in [2.24, 2.45) is 0 Å². The Morgan fingerprint density at radius 3 is 2.24 bits per heavy atom. The standard InChI is InChI=1S/C16H22N2O3/c1-11(2)14(19)18-13-8-6-12(7-9-13)10-17-15(20)21-16(3,4)5/h6-9H,1,10H2,2-5H3,(H,17,20)(H,18,19). The molecule has 0 fully saturated rings. The summed E-state index contributed by atoms with van der Waals surface area (Å²) in [5.74, 6) is -0.213. The summed E-state index contributed by atoms with van der Waals surface area (Å²) < 4.78 is 5.15. The van der Waals surface area contributed by atoms with Gasteiger partial charge in [0.2, 0.25) is 0 Å². The zero-order chi connectivity index (χ0) is 16.0. The quantitative estimate of drug-likeness (QED) is 0.837. The third-order valence-electron chi connectivity index (χ3n) is 2.44. The van der Waals surface area contributed by atoms with Gasteiger partial charge < -0.3 is 15.4 Å². The van der Waals surface area contributed by atoms with E-state index in [1.54, 1.807) is 19.1 Å². The molecule has 0 heterocycles. The fourth-order valence-electron chi connectivity index (χ4n) is 1.43. The SMILES string of the molecule is C=C(C)C(=O)Nc1ccc(CNC(=O)OC(C)(C)C)cc1. The Balaban J connectivity index is 2.50. The monoisotopic (exact) mass is 290 g/mol. The van der Waals surface area contributed by atoms with Gasteiger partial charge in [-0.2, -0.15) is 0 Å². The number of carbonyl (C=O) groups is 2. The first kappa shape index (κ1) is 16.8. The lowest BCUT2D eigenvalue weighted by Crippen LogP contribution is -2.32. The van der Waals surface area contributed by atoms with Crippen molar-refractivity contribution in [2.45, 2.75) is 39.8 Å². The van der Waals surface area contributed by atoms with Crippen LogP contribution in [0.15, 0.2) is 36.4 Å². The summed E-state index contributed by atoms with van der Waals surface area (Å²) in [7, 11) is 0. The average Bonchev–Trinajstić information content (AvgIpc) is 2.35. The summed E-state index contributed by atoms with van der Waals surface area (Å²) in [4.78, 5) is 23.0. The van der Waals surface area contributed by atoms with Crippen molar-refractivity contribution in [3.63, 3.8) is 0 Å². The molecular formula is C16H22N2O3. The Bertz CT molecular complexity index is 527. The Hall–Kier alpha value is -2.30. The molecule has 5 nitrogen and oxygen atoms in total. The van der Waals surface area contributed by atoms with Crippen molar-refractivity contribution in [3.8, 4) is 0 Å².